The predicted molar refractivity (Wildman–Crippen MR) is 201 cm³/mol. The number of likely N-dealkylation sites (N-methyl/N-ethyl adjacent to an activating group) is 1. The van der Waals surface area contributed by atoms with Crippen molar-refractivity contribution < 1.29 is 23.8 Å². The first-order valence-electron chi connectivity index (χ1n) is 17.8. The van der Waals surface area contributed by atoms with Gasteiger partial charge in [0.1, 0.15) is 11.5 Å². The minimum absolute atomic E-state index is 0.0225. The van der Waals surface area contributed by atoms with E-state index < -0.39 is 6.09 Å². The van der Waals surface area contributed by atoms with Crippen molar-refractivity contribution in [3.05, 3.63) is 77.4 Å². The smallest absolute Gasteiger partial charge is 0.411 e. The van der Waals surface area contributed by atoms with Crippen LogP contribution in [0.5, 0.6) is 17.4 Å². The molecule has 1 saturated heterocycles. The van der Waals surface area contributed by atoms with Crippen molar-refractivity contribution in [3.63, 3.8) is 0 Å². The van der Waals surface area contributed by atoms with Gasteiger partial charge in [0.25, 0.3) is 0 Å². The zero-order valence-corrected chi connectivity index (χ0v) is 30.5. The molecule has 1 aliphatic heterocycles. The maximum atomic E-state index is 12.9. The Labute approximate surface area is 301 Å². The van der Waals surface area contributed by atoms with E-state index in [9.17, 15) is 9.59 Å². The molecule has 11 heteroatoms. The van der Waals surface area contributed by atoms with Crippen LogP contribution in [0.2, 0.25) is 0 Å². The number of hydrogen-bond acceptors (Lipinski definition) is 9. The van der Waals surface area contributed by atoms with E-state index in [1.54, 1.807) is 12.0 Å². The Morgan fingerprint density at radius 1 is 0.941 bits per heavy atom. The second-order valence-electron chi connectivity index (χ2n) is 12.8. The number of rotatable bonds is 15. The van der Waals surface area contributed by atoms with Crippen LogP contribution in [-0.4, -0.2) is 78.2 Å². The third-order valence-electron chi connectivity index (χ3n) is 9.37. The van der Waals surface area contributed by atoms with E-state index in [1.165, 1.54) is 32.4 Å². The molecule has 51 heavy (non-hydrogen) atoms. The molecule has 0 atom stereocenters. The molecule has 1 fully saturated rings. The summed E-state index contributed by atoms with van der Waals surface area (Å²) in [4.78, 5) is 39.2. The van der Waals surface area contributed by atoms with E-state index in [0.29, 0.717) is 48.0 Å². The number of amides is 2. The van der Waals surface area contributed by atoms with Crippen LogP contribution in [0, 0.1) is 13.8 Å². The zero-order valence-electron chi connectivity index (χ0n) is 30.5. The van der Waals surface area contributed by atoms with Crippen LogP contribution < -0.4 is 25.3 Å². The van der Waals surface area contributed by atoms with E-state index in [2.05, 4.69) is 15.2 Å². The SMILES string of the molecule is CCN(CC)C(=O)Cc1ccc(-c2c(OC(N)=O)nc(Nc3cccc(OCCCN4CCCCC4)c3)nc2-c2cccc(C)c2C)c(OC)c1. The summed E-state index contributed by atoms with van der Waals surface area (Å²) in [5.74, 6) is 1.38. The molecule has 0 radical (unpaired) electrons. The Morgan fingerprint density at radius 2 is 1.71 bits per heavy atom. The number of aromatic nitrogens is 2. The maximum Gasteiger partial charge on any atom is 0.411 e. The van der Waals surface area contributed by atoms with Gasteiger partial charge in [-0.3, -0.25) is 4.79 Å². The summed E-state index contributed by atoms with van der Waals surface area (Å²) < 4.78 is 17.6. The average Bonchev–Trinajstić information content (AvgIpc) is 3.12. The summed E-state index contributed by atoms with van der Waals surface area (Å²) >= 11 is 0. The fourth-order valence-corrected chi connectivity index (χ4v) is 6.48. The lowest BCUT2D eigenvalue weighted by molar-refractivity contribution is -0.130. The summed E-state index contributed by atoms with van der Waals surface area (Å²) in [5.41, 5.74) is 11.5. The number of aryl methyl sites for hydroxylation is 1. The van der Waals surface area contributed by atoms with Gasteiger partial charge in [0.05, 0.1) is 31.4 Å². The van der Waals surface area contributed by atoms with Crippen LogP contribution >= 0.6 is 0 Å². The average molecular weight is 695 g/mol. The molecule has 1 aromatic heterocycles. The van der Waals surface area contributed by atoms with E-state index in [1.807, 2.05) is 88.4 Å². The summed E-state index contributed by atoms with van der Waals surface area (Å²) in [6, 6.07) is 19.1. The van der Waals surface area contributed by atoms with Gasteiger partial charge in [-0.1, -0.05) is 42.8 Å². The molecule has 0 spiro atoms. The molecule has 0 saturated carbocycles. The Hall–Kier alpha value is -5.16. The number of hydrogen-bond donors (Lipinski definition) is 2. The molecule has 0 aliphatic carbocycles. The first-order valence-corrected chi connectivity index (χ1v) is 17.8. The molecule has 4 aromatic rings. The third kappa shape index (κ3) is 9.55. The molecule has 1 aliphatic rings. The quantitative estimate of drug-likeness (QED) is 0.123. The van der Waals surface area contributed by atoms with Crippen molar-refractivity contribution >= 4 is 23.6 Å². The second-order valence-corrected chi connectivity index (χ2v) is 12.8. The predicted octanol–water partition coefficient (Wildman–Crippen LogP) is 7.30. The maximum absolute atomic E-state index is 12.9. The van der Waals surface area contributed by atoms with Gasteiger partial charge < -0.3 is 35.1 Å². The van der Waals surface area contributed by atoms with Crippen molar-refractivity contribution in [3.8, 4) is 39.8 Å². The number of ether oxygens (including phenoxy) is 3. The molecular weight excluding hydrogens is 644 g/mol. The lowest BCUT2D eigenvalue weighted by atomic mass is 9.93. The van der Waals surface area contributed by atoms with E-state index in [0.717, 1.165) is 41.0 Å². The van der Waals surface area contributed by atoms with Gasteiger partial charge in [0.15, 0.2) is 0 Å². The van der Waals surface area contributed by atoms with Crippen molar-refractivity contribution in [2.24, 2.45) is 5.73 Å². The third-order valence-corrected chi connectivity index (χ3v) is 9.37. The van der Waals surface area contributed by atoms with E-state index >= 15 is 0 Å². The number of methoxy groups -OCH3 is 1. The number of carbonyl (C=O) groups is 2. The topological polar surface area (TPSA) is 132 Å². The number of benzene rings is 3. The number of anilines is 2. The van der Waals surface area contributed by atoms with Crippen LogP contribution in [0.3, 0.4) is 0 Å². The number of primary amides is 1. The highest BCUT2D eigenvalue weighted by molar-refractivity contribution is 5.91. The molecule has 0 bridgehead atoms. The summed E-state index contributed by atoms with van der Waals surface area (Å²) in [6.07, 6.45) is 4.01. The highest BCUT2D eigenvalue weighted by Gasteiger charge is 2.25. The minimum Gasteiger partial charge on any atom is -0.496 e. The fourth-order valence-electron chi connectivity index (χ4n) is 6.48. The highest BCUT2D eigenvalue weighted by atomic mass is 16.6. The van der Waals surface area contributed by atoms with E-state index in [4.69, 9.17) is 24.9 Å². The molecule has 3 N–H and O–H groups in total. The summed E-state index contributed by atoms with van der Waals surface area (Å²) in [5, 5.41) is 3.29. The molecule has 2 amide bonds. The van der Waals surface area contributed by atoms with E-state index in [-0.39, 0.29) is 24.2 Å². The van der Waals surface area contributed by atoms with Crippen LogP contribution in [0.1, 0.15) is 56.2 Å². The second kappa shape index (κ2) is 17.7. The lowest BCUT2D eigenvalue weighted by Crippen LogP contribution is -2.31. The molecule has 3 aromatic carbocycles. The zero-order chi connectivity index (χ0) is 36.3. The molecule has 270 valence electrons. The summed E-state index contributed by atoms with van der Waals surface area (Å²) in [7, 11) is 1.56. The van der Waals surface area contributed by atoms with Crippen molar-refractivity contribution in [2.75, 3.05) is 51.8 Å². The number of carbonyl (C=O) groups excluding carboxylic acids is 2. The fraction of sp³-hybridized carbons (Fsp3) is 0.400. The lowest BCUT2D eigenvalue weighted by Gasteiger charge is -2.26. The normalized spacial score (nSPS) is 13.0. The molecule has 11 nitrogen and oxygen atoms in total. The van der Waals surface area contributed by atoms with Crippen LogP contribution in [0.4, 0.5) is 16.4 Å². The number of nitrogens with two attached hydrogens (primary N) is 1. The summed E-state index contributed by atoms with van der Waals surface area (Å²) in [6.45, 7) is 13.2. The first-order chi connectivity index (χ1) is 24.7. The van der Waals surface area contributed by atoms with Gasteiger partial charge in [-0.2, -0.15) is 4.98 Å². The van der Waals surface area contributed by atoms with Crippen LogP contribution in [-0.2, 0) is 11.2 Å². The number of nitrogens with zero attached hydrogens (tertiary/aromatic N) is 4. The Bertz CT molecular complexity index is 1820. The minimum atomic E-state index is -1.02. The Morgan fingerprint density at radius 3 is 2.43 bits per heavy atom. The first kappa shape index (κ1) is 37.1. The largest absolute Gasteiger partial charge is 0.496 e. The molecule has 2 heterocycles. The molecular formula is C40H50N6O5. The Kier molecular flexibility index (Phi) is 12.9. The van der Waals surface area contributed by atoms with Gasteiger partial charge in [0.2, 0.25) is 17.7 Å². The number of piperidine rings is 1. The van der Waals surface area contributed by atoms with Crippen LogP contribution in [0.25, 0.3) is 22.4 Å². The molecule has 5 rings (SSSR count). The van der Waals surface area contributed by atoms with Gasteiger partial charge in [0, 0.05) is 42.5 Å². The van der Waals surface area contributed by atoms with Crippen molar-refractivity contribution in [2.45, 2.75) is 59.8 Å². The highest BCUT2D eigenvalue weighted by Crippen LogP contribution is 2.44. The van der Waals surface area contributed by atoms with Crippen molar-refractivity contribution in [1.29, 1.82) is 0 Å². The Balaban J connectivity index is 1.51. The van der Waals surface area contributed by atoms with Crippen molar-refractivity contribution in [1.82, 2.24) is 19.8 Å². The van der Waals surface area contributed by atoms with Crippen LogP contribution in [0.15, 0.2) is 60.7 Å². The van der Waals surface area contributed by atoms with Gasteiger partial charge >= 0.3 is 6.09 Å². The number of nitrogens with one attached hydrogen (secondary N) is 1. The van der Waals surface area contributed by atoms with Gasteiger partial charge in [-0.25, -0.2) is 9.78 Å². The van der Waals surface area contributed by atoms with Gasteiger partial charge in [-0.05, 0) is 94.9 Å². The standard InChI is InChI=1S/C40H50N6O5/c1-6-46(7-2)35(47)25-29-18-19-33(34(24-29)49-5)36-37(32-17-11-14-27(3)28(32)4)43-40(44-38(36)51-39(41)48)42-30-15-12-16-31(26-30)50-23-13-22-45-20-9-8-10-21-45/h11-12,14-19,24,26H,6-10,13,20-23,25H2,1-5H3,(H2,41,48)(H,42,43,44). The number of likely N-dealkylation sites (tertiary alicyclic amines) is 1. The van der Waals surface area contributed by atoms with Gasteiger partial charge in [-0.15, -0.1) is 0 Å². The monoisotopic (exact) mass is 694 g/mol. The molecule has 0 unspecified atom stereocenters.